The Morgan fingerprint density at radius 3 is 2.38 bits per heavy atom. The molecule has 5 amide bonds. The van der Waals surface area contributed by atoms with E-state index in [-0.39, 0.29) is 70.0 Å². The topological polar surface area (TPSA) is 174 Å². The number of halogens is 3. The number of anilines is 1. The summed E-state index contributed by atoms with van der Waals surface area (Å²) in [7, 11) is 3.13. The first-order valence-electron chi connectivity index (χ1n) is 24.2. The molecule has 1 aliphatic carbocycles. The maximum absolute atomic E-state index is 16.2. The number of hydrogen-bond acceptors (Lipinski definition) is 9. The van der Waals surface area contributed by atoms with E-state index in [1.165, 1.54) is 30.2 Å². The lowest BCUT2D eigenvalue weighted by Crippen LogP contribution is -2.49. The number of nitrogens with zero attached hydrogens (tertiary/aromatic N) is 5. The molecule has 10 rings (SSSR count). The van der Waals surface area contributed by atoms with E-state index in [1.807, 2.05) is 73.6 Å². The number of methoxy groups -OCH3 is 1. The third-order valence-corrected chi connectivity index (χ3v) is 15.6. The Morgan fingerprint density at radius 2 is 1.69 bits per heavy atom. The van der Waals surface area contributed by atoms with Gasteiger partial charge in [0.2, 0.25) is 17.7 Å². The summed E-state index contributed by atoms with van der Waals surface area (Å²) in [4.78, 5) is 59.2. The Bertz CT molecular complexity index is 3060. The molecule has 3 aliphatic heterocycles. The number of imide groups is 1. The van der Waals surface area contributed by atoms with Crippen molar-refractivity contribution in [1.29, 1.82) is 0 Å². The van der Waals surface area contributed by atoms with E-state index in [4.69, 9.17) is 31.8 Å². The van der Waals surface area contributed by atoms with Crippen LogP contribution in [0.1, 0.15) is 85.0 Å². The van der Waals surface area contributed by atoms with Crippen molar-refractivity contribution in [3.8, 4) is 33.8 Å². The number of fused-ring (bicyclic) bond motifs is 2. The second-order valence-corrected chi connectivity index (χ2v) is 19.7. The highest BCUT2D eigenvalue weighted by molar-refractivity contribution is 6.34. The highest BCUT2D eigenvalue weighted by Crippen LogP contribution is 2.56. The molecule has 0 spiro atoms. The fourth-order valence-corrected chi connectivity index (χ4v) is 11.5. The summed E-state index contributed by atoms with van der Waals surface area (Å²) in [5, 5.41) is 11.2. The van der Waals surface area contributed by atoms with Gasteiger partial charge in [0.25, 0.3) is 0 Å². The van der Waals surface area contributed by atoms with Crippen LogP contribution in [-0.4, -0.2) is 82.7 Å². The van der Waals surface area contributed by atoms with E-state index in [1.54, 1.807) is 4.68 Å². The minimum Gasteiger partial charge on any atom is -0.494 e. The van der Waals surface area contributed by atoms with Gasteiger partial charge in [-0.2, -0.15) is 5.10 Å². The van der Waals surface area contributed by atoms with Crippen LogP contribution in [0.3, 0.4) is 0 Å². The van der Waals surface area contributed by atoms with Gasteiger partial charge in [0.05, 0.1) is 23.2 Å². The molecule has 4 aromatic carbocycles. The number of amides is 5. The molecular weight excluding hydrogens is 930 g/mol. The minimum atomic E-state index is -1.08. The zero-order valence-electron chi connectivity index (χ0n) is 39.8. The standard InChI is InChI=1S/C54H55ClF2N8O6/c1-30-45-43(27-40(56)48(55)47(45)46-39(50(58)67)17-18-42(70-3)49(46)57)71-54(30,35-7-5-4-6-8-35)29-60-36-13-9-32(10-14-36)52(68)64-22-19-31(20-23-64)25-37-15-11-34(28-59-37)33-12-16-38-41(26-33)63(2)62-51(38)65-24-21-44(66)61-53(65)69/h4-8,11-12,15-18,26-28,30-32,36,60H,9-10,13-14,19-25,29H2,1-3H3,(H2,58,67)(H,61,66,69). The Kier molecular flexibility index (Phi) is 13.0. The van der Waals surface area contributed by atoms with E-state index in [9.17, 15) is 19.2 Å². The van der Waals surface area contributed by atoms with Crippen molar-refractivity contribution in [2.24, 2.45) is 24.6 Å². The largest absolute Gasteiger partial charge is 0.494 e. The SMILES string of the molecule is COc1ccc(C(N)=O)c(-c2c(Cl)c(F)cc3c2C(C)C(CNC2CCC(C(=O)N4CCC(Cc5ccc(-c6ccc7c(N8CCC(=O)NC8=O)nn(C)c7c6)cn5)CC4)CC2)(c2ccccc2)O3)c1F. The molecule has 0 radical (unpaired) electrons. The van der Waals surface area contributed by atoms with Crippen molar-refractivity contribution in [3.63, 3.8) is 0 Å². The second-order valence-electron chi connectivity index (χ2n) is 19.3. The summed E-state index contributed by atoms with van der Waals surface area (Å²) >= 11 is 6.70. The number of urea groups is 1. The van der Waals surface area contributed by atoms with Crippen molar-refractivity contribution in [3.05, 3.63) is 124 Å². The van der Waals surface area contributed by atoms with Gasteiger partial charge in [-0.25, -0.2) is 13.6 Å². The van der Waals surface area contributed by atoms with Gasteiger partial charge in [0.15, 0.2) is 23.0 Å². The first-order valence-corrected chi connectivity index (χ1v) is 24.6. The minimum absolute atomic E-state index is 0.00719. The molecule has 5 heterocycles. The molecule has 6 aromatic rings. The predicted octanol–water partition coefficient (Wildman–Crippen LogP) is 8.81. The van der Waals surface area contributed by atoms with Crippen LogP contribution in [0.4, 0.5) is 19.4 Å². The lowest BCUT2D eigenvalue weighted by atomic mass is 9.77. The van der Waals surface area contributed by atoms with Crippen molar-refractivity contribution >= 4 is 52.1 Å². The number of nitrogens with two attached hydrogens (primary N) is 1. The number of hydrogen-bond donors (Lipinski definition) is 3. The molecule has 17 heteroatoms. The molecule has 2 saturated heterocycles. The fraction of sp³-hybridized carbons (Fsp3) is 0.370. The maximum atomic E-state index is 16.2. The van der Waals surface area contributed by atoms with Crippen molar-refractivity contribution < 1.29 is 37.4 Å². The van der Waals surface area contributed by atoms with Gasteiger partial charge >= 0.3 is 6.03 Å². The second kappa shape index (κ2) is 19.4. The Balaban J connectivity index is 0.752. The fourth-order valence-electron chi connectivity index (χ4n) is 11.2. The highest BCUT2D eigenvalue weighted by atomic mass is 35.5. The normalized spacial score (nSPS) is 21.5. The Hall–Kier alpha value is -6.91. The Labute approximate surface area is 414 Å². The smallest absolute Gasteiger partial charge is 0.329 e. The summed E-state index contributed by atoms with van der Waals surface area (Å²) in [5.74, 6) is -2.32. The van der Waals surface area contributed by atoms with Gasteiger partial charge in [-0.3, -0.25) is 34.3 Å². The van der Waals surface area contributed by atoms with Crippen molar-refractivity contribution in [2.75, 3.05) is 38.2 Å². The number of pyridine rings is 1. The van der Waals surface area contributed by atoms with Gasteiger partial charge in [-0.15, -0.1) is 0 Å². The zero-order chi connectivity index (χ0) is 49.7. The number of aromatic nitrogens is 3. The predicted molar refractivity (Wildman–Crippen MR) is 265 cm³/mol. The summed E-state index contributed by atoms with van der Waals surface area (Å²) < 4.78 is 45.8. The number of nitrogens with one attached hydrogen (secondary N) is 2. The van der Waals surface area contributed by atoms with E-state index in [0.717, 1.165) is 78.2 Å². The number of aryl methyl sites for hydroxylation is 1. The highest BCUT2D eigenvalue weighted by Gasteiger charge is 2.50. The molecule has 4 aliphatic rings. The van der Waals surface area contributed by atoms with Gasteiger partial charge in [-0.05, 0) is 92.3 Å². The summed E-state index contributed by atoms with van der Waals surface area (Å²) in [5.41, 5.74) is 9.32. The number of benzene rings is 4. The molecule has 368 valence electrons. The molecular formula is C54H55ClF2N8O6. The zero-order valence-corrected chi connectivity index (χ0v) is 40.5. The first-order chi connectivity index (χ1) is 34.2. The molecule has 3 fully saturated rings. The third-order valence-electron chi connectivity index (χ3n) is 15.2. The van der Waals surface area contributed by atoms with Crippen LogP contribution in [0.25, 0.3) is 33.2 Å². The quantitative estimate of drug-likeness (QED) is 0.108. The molecule has 71 heavy (non-hydrogen) atoms. The lowest BCUT2D eigenvalue weighted by Gasteiger charge is -2.38. The number of piperidine rings is 1. The van der Waals surface area contributed by atoms with E-state index < -0.39 is 35.1 Å². The maximum Gasteiger partial charge on any atom is 0.329 e. The molecule has 1 saturated carbocycles. The molecule has 0 bridgehead atoms. The lowest BCUT2D eigenvalue weighted by molar-refractivity contribution is -0.138. The molecule has 14 nitrogen and oxygen atoms in total. The van der Waals surface area contributed by atoms with Crippen LogP contribution in [0.15, 0.2) is 85.1 Å². The number of primary amides is 1. The summed E-state index contributed by atoms with van der Waals surface area (Å²) in [6, 6.07) is 23.2. The van der Waals surface area contributed by atoms with Crippen LogP contribution >= 0.6 is 11.6 Å². The summed E-state index contributed by atoms with van der Waals surface area (Å²) in [6.07, 6.45) is 7.79. The van der Waals surface area contributed by atoms with Crippen molar-refractivity contribution in [1.82, 2.24) is 30.3 Å². The monoisotopic (exact) mass is 984 g/mol. The number of carbonyl (C=O) groups excluding carboxylic acids is 4. The third kappa shape index (κ3) is 8.85. The number of carbonyl (C=O) groups is 4. The molecule has 2 atom stereocenters. The van der Waals surface area contributed by atoms with Crippen LogP contribution < -0.4 is 30.7 Å². The van der Waals surface area contributed by atoms with Crippen molar-refractivity contribution in [2.45, 2.75) is 75.9 Å². The van der Waals surface area contributed by atoms with E-state index >= 15 is 8.78 Å². The van der Waals surface area contributed by atoms with Gasteiger partial charge in [0, 0.05) is 103 Å². The van der Waals surface area contributed by atoms with Crippen LogP contribution in [0.5, 0.6) is 11.5 Å². The number of ether oxygens (including phenoxy) is 2. The average Bonchev–Trinajstić information content (AvgIpc) is 3.86. The van der Waals surface area contributed by atoms with Crippen LogP contribution in [0, 0.1) is 23.5 Å². The van der Waals surface area contributed by atoms with Crippen LogP contribution in [0.2, 0.25) is 5.02 Å². The molecule has 4 N–H and O–H groups in total. The Morgan fingerprint density at radius 1 is 0.944 bits per heavy atom. The van der Waals surface area contributed by atoms with E-state index in [2.05, 4.69) is 27.9 Å². The number of rotatable bonds is 12. The molecule has 2 aromatic heterocycles. The summed E-state index contributed by atoms with van der Waals surface area (Å²) in [6.45, 7) is 3.95. The van der Waals surface area contributed by atoms with Gasteiger partial charge in [-0.1, -0.05) is 61.0 Å². The molecule has 2 unspecified atom stereocenters. The van der Waals surface area contributed by atoms with Crippen LogP contribution in [-0.2, 0) is 28.7 Å². The van der Waals surface area contributed by atoms with Gasteiger partial charge < -0.3 is 25.4 Å². The number of likely N-dealkylation sites (tertiary alicyclic amines) is 1. The van der Waals surface area contributed by atoms with E-state index in [0.29, 0.717) is 36.9 Å². The average molecular weight is 986 g/mol. The van der Waals surface area contributed by atoms with Gasteiger partial charge in [0.1, 0.15) is 11.6 Å². The first kappa shape index (κ1) is 47.8.